The molecule has 0 aliphatic heterocycles. The lowest BCUT2D eigenvalue weighted by atomic mass is 10.2. The van der Waals surface area contributed by atoms with Gasteiger partial charge < -0.3 is 10.7 Å². The third kappa shape index (κ3) is 5.08. The average molecular weight is 252 g/mol. The first-order chi connectivity index (χ1) is 7.50. The van der Waals surface area contributed by atoms with Gasteiger partial charge in [-0.1, -0.05) is 6.58 Å². The lowest BCUT2D eigenvalue weighted by Gasteiger charge is -2.34. The first-order valence-electron chi connectivity index (χ1n) is 5.01. The van der Waals surface area contributed by atoms with Crippen LogP contribution in [0.2, 0.25) is 0 Å². The highest BCUT2D eigenvalue weighted by Gasteiger charge is 2.35. The molecule has 0 bridgehead atoms. The molecule has 0 saturated carbocycles. The molecular weight excluding hydrogens is 233 g/mol. The van der Waals surface area contributed by atoms with Gasteiger partial charge in [0.15, 0.2) is 0 Å². The van der Waals surface area contributed by atoms with Crippen molar-refractivity contribution in [3.05, 3.63) is 12.3 Å². The van der Waals surface area contributed by atoms with Crippen LogP contribution >= 0.6 is 0 Å². The van der Waals surface area contributed by atoms with Crippen molar-refractivity contribution in [1.29, 1.82) is 0 Å². The van der Waals surface area contributed by atoms with Gasteiger partial charge in [-0.3, -0.25) is 0 Å². The van der Waals surface area contributed by atoms with E-state index in [4.69, 9.17) is 0 Å². The van der Waals surface area contributed by atoms with Crippen LogP contribution in [0, 0.1) is 0 Å². The fourth-order valence-corrected chi connectivity index (χ4v) is 0.944. The van der Waals surface area contributed by atoms with Crippen LogP contribution in [0.4, 0.5) is 13.2 Å². The average Bonchev–Trinajstić information content (AvgIpc) is 2.15. The van der Waals surface area contributed by atoms with Gasteiger partial charge in [0.05, 0.1) is 5.84 Å². The molecule has 2 N–H and O–H groups in total. The van der Waals surface area contributed by atoms with Crippen LogP contribution in [-0.2, 0) is 0 Å². The number of nitrogens with one attached hydrogen (secondary N) is 2. The van der Waals surface area contributed by atoms with E-state index >= 15 is 0 Å². The molecule has 0 fully saturated rings. The molecule has 0 aliphatic rings. The van der Waals surface area contributed by atoms with Gasteiger partial charge in [0.25, 0.3) is 0 Å². The van der Waals surface area contributed by atoms with E-state index in [1.807, 2.05) is 0 Å². The zero-order chi connectivity index (χ0) is 13.9. The maximum atomic E-state index is 12.3. The monoisotopic (exact) mass is 252 g/mol. The highest BCUT2D eigenvalue weighted by Crippen LogP contribution is 2.23. The van der Waals surface area contributed by atoms with E-state index in [1.54, 1.807) is 27.8 Å². The quantitative estimate of drug-likeness (QED) is 0.456. The summed E-state index contributed by atoms with van der Waals surface area (Å²) in [5, 5.41) is 4.06. The summed E-state index contributed by atoms with van der Waals surface area (Å²) >= 11 is 0. The zero-order valence-electron chi connectivity index (χ0n) is 10.7. The van der Waals surface area contributed by atoms with Gasteiger partial charge in [-0.05, 0) is 20.8 Å². The van der Waals surface area contributed by atoms with Crippen LogP contribution < -0.4 is 10.7 Å². The van der Waals surface area contributed by atoms with Gasteiger partial charge in [-0.15, -0.1) is 0 Å². The molecule has 0 aliphatic carbocycles. The Balaban J connectivity index is 4.71. The zero-order valence-corrected chi connectivity index (χ0v) is 10.7. The summed E-state index contributed by atoms with van der Waals surface area (Å²) in [6.45, 7) is 8.04. The van der Waals surface area contributed by atoms with Crippen LogP contribution in [0.15, 0.2) is 17.3 Å². The predicted octanol–water partition coefficient (Wildman–Crippen LogP) is 1.87. The lowest BCUT2D eigenvalue weighted by Crippen LogP contribution is -2.50. The number of halogens is 3. The highest BCUT2D eigenvalue weighted by atomic mass is 19.4. The molecule has 0 heterocycles. The molecule has 0 saturated heterocycles. The molecule has 100 valence electrons. The first kappa shape index (κ1) is 15.8. The van der Waals surface area contributed by atoms with Gasteiger partial charge in [0, 0.05) is 14.1 Å². The molecule has 0 unspecified atom stereocenters. The van der Waals surface area contributed by atoms with Crippen LogP contribution in [-0.4, -0.2) is 36.8 Å². The minimum Gasteiger partial charge on any atom is -0.377 e. The van der Waals surface area contributed by atoms with Crippen molar-refractivity contribution in [1.82, 2.24) is 15.8 Å². The van der Waals surface area contributed by atoms with E-state index in [0.29, 0.717) is 5.84 Å². The Hall–Kier alpha value is -1.24. The Bertz CT molecular complexity index is 307. The molecule has 7 heteroatoms. The number of hydrogen-bond donors (Lipinski definition) is 2. The Labute approximate surface area is 99.6 Å². The summed E-state index contributed by atoms with van der Waals surface area (Å²) in [5.41, 5.74) is 0.314. The molecule has 0 aromatic heterocycles. The van der Waals surface area contributed by atoms with Gasteiger partial charge in [-0.2, -0.15) is 13.2 Å². The molecule has 0 atom stereocenters. The number of hydrogen-bond acceptors (Lipinski definition) is 3. The third-order valence-corrected chi connectivity index (χ3v) is 2.27. The minimum atomic E-state index is -4.47. The second-order valence-corrected chi connectivity index (χ2v) is 4.09. The number of alkyl halides is 3. The van der Waals surface area contributed by atoms with Crippen molar-refractivity contribution in [3.63, 3.8) is 0 Å². The number of amidine groups is 1. The van der Waals surface area contributed by atoms with Gasteiger partial charge in [0.1, 0.15) is 11.4 Å². The van der Waals surface area contributed by atoms with Crippen molar-refractivity contribution in [3.8, 4) is 0 Å². The molecule has 0 spiro atoms. The second kappa shape index (κ2) is 5.39. The highest BCUT2D eigenvalue weighted by molar-refractivity contribution is 5.79. The third-order valence-electron chi connectivity index (χ3n) is 2.27. The van der Waals surface area contributed by atoms with Crippen LogP contribution in [0.25, 0.3) is 0 Å². The molecule has 0 aromatic carbocycles. The Morgan fingerprint density at radius 2 is 1.76 bits per heavy atom. The fraction of sp³-hybridized carbons (Fsp3) is 0.700. The van der Waals surface area contributed by atoms with Crippen molar-refractivity contribution >= 4 is 5.84 Å². The Kier molecular flexibility index (Phi) is 5.00. The van der Waals surface area contributed by atoms with Crippen molar-refractivity contribution < 1.29 is 13.2 Å². The molecule has 0 amide bonds. The smallest absolute Gasteiger partial charge is 0.377 e. The molecule has 0 rings (SSSR count). The van der Waals surface area contributed by atoms with E-state index in [1.165, 1.54) is 12.1 Å². The summed E-state index contributed by atoms with van der Waals surface area (Å²) in [5.74, 6) is 0.626. The van der Waals surface area contributed by atoms with E-state index < -0.39 is 17.5 Å². The number of aliphatic imine (C=N–C) groups is 1. The molecule has 0 aromatic rings. The van der Waals surface area contributed by atoms with Crippen molar-refractivity contribution in [2.24, 2.45) is 4.99 Å². The fourth-order valence-electron chi connectivity index (χ4n) is 0.944. The second-order valence-electron chi connectivity index (χ2n) is 4.09. The molecule has 17 heavy (non-hydrogen) atoms. The van der Waals surface area contributed by atoms with E-state index in [9.17, 15) is 13.2 Å². The van der Waals surface area contributed by atoms with E-state index in [0.717, 1.165) is 0 Å². The molecule has 4 nitrogen and oxygen atoms in total. The van der Waals surface area contributed by atoms with E-state index in [2.05, 4.69) is 22.3 Å². The van der Waals surface area contributed by atoms with Crippen LogP contribution in [0.5, 0.6) is 0 Å². The number of hydrazine groups is 1. The maximum Gasteiger partial charge on any atom is 0.431 e. The maximum absolute atomic E-state index is 12.3. The normalized spacial score (nSPS) is 13.8. The summed E-state index contributed by atoms with van der Waals surface area (Å²) in [6.07, 6.45) is -4.47. The molecule has 0 radical (unpaired) electrons. The standard InChI is InChI=1S/C10H19F3N4/c1-7(10(11,12)13)16-17(6)9(3,4)15-8(2)14-5/h16H,1H2,2-6H3,(H,14,15). The van der Waals surface area contributed by atoms with Gasteiger partial charge >= 0.3 is 6.18 Å². The SMILES string of the molecule is C=C(NN(C)C(C)(C)/N=C(\C)NC)C(F)(F)F. The Morgan fingerprint density at radius 3 is 2.12 bits per heavy atom. The number of allylic oxidation sites excluding steroid dienone is 1. The van der Waals surface area contributed by atoms with Crippen LogP contribution in [0.3, 0.4) is 0 Å². The van der Waals surface area contributed by atoms with Crippen LogP contribution in [0.1, 0.15) is 20.8 Å². The minimum absolute atomic E-state index is 0.626. The van der Waals surface area contributed by atoms with E-state index in [-0.39, 0.29) is 0 Å². The Morgan fingerprint density at radius 1 is 1.29 bits per heavy atom. The first-order valence-corrected chi connectivity index (χ1v) is 5.01. The van der Waals surface area contributed by atoms with Gasteiger partial charge in [0.2, 0.25) is 0 Å². The van der Waals surface area contributed by atoms with Crippen molar-refractivity contribution in [2.75, 3.05) is 14.1 Å². The largest absolute Gasteiger partial charge is 0.431 e. The summed E-state index contributed by atoms with van der Waals surface area (Å²) < 4.78 is 36.9. The topological polar surface area (TPSA) is 39.7 Å². The summed E-state index contributed by atoms with van der Waals surface area (Å²) in [7, 11) is 3.17. The molecular formula is C10H19F3N4. The number of rotatable bonds is 4. The van der Waals surface area contributed by atoms with Crippen molar-refractivity contribution in [2.45, 2.75) is 32.6 Å². The summed E-state index contributed by atoms with van der Waals surface area (Å²) in [6, 6.07) is 0. The predicted molar refractivity (Wildman–Crippen MR) is 62.3 cm³/mol. The summed E-state index contributed by atoms with van der Waals surface area (Å²) in [4.78, 5) is 4.22. The lowest BCUT2D eigenvalue weighted by molar-refractivity contribution is -0.106. The number of nitrogens with zero attached hydrogens (tertiary/aromatic N) is 2. The van der Waals surface area contributed by atoms with Gasteiger partial charge in [-0.25, -0.2) is 10.0 Å².